The molecule has 1 unspecified atom stereocenters. The summed E-state index contributed by atoms with van der Waals surface area (Å²) in [5.74, 6) is 1.10. The molecule has 7 nitrogen and oxygen atoms in total. The molecule has 0 fully saturated rings. The minimum atomic E-state index is -0.486. The van der Waals surface area contributed by atoms with E-state index in [0.717, 1.165) is 5.75 Å². The van der Waals surface area contributed by atoms with Crippen molar-refractivity contribution in [2.24, 2.45) is 0 Å². The van der Waals surface area contributed by atoms with Crippen molar-refractivity contribution >= 4 is 11.9 Å². The van der Waals surface area contributed by atoms with Gasteiger partial charge in [0.15, 0.2) is 11.5 Å². The predicted molar refractivity (Wildman–Crippen MR) is 94.9 cm³/mol. The molecule has 0 aromatic heterocycles. The normalized spacial score (nSPS) is 16.4. The molecule has 0 bridgehead atoms. The van der Waals surface area contributed by atoms with Crippen LogP contribution >= 0.6 is 0 Å². The summed E-state index contributed by atoms with van der Waals surface area (Å²) in [6.07, 6.45) is -0.161. The number of carbonyl (C=O) groups excluding carboxylic acids is 2. The molecule has 138 valence electrons. The summed E-state index contributed by atoms with van der Waals surface area (Å²) in [6.45, 7) is 9.28. The highest BCUT2D eigenvalue weighted by Crippen LogP contribution is 2.30. The van der Waals surface area contributed by atoms with E-state index in [0.29, 0.717) is 25.4 Å². The number of para-hydroxylation sites is 2. The number of likely N-dealkylation sites (N-methyl/N-ethyl adjacent to an activating group) is 1. The van der Waals surface area contributed by atoms with E-state index in [-0.39, 0.29) is 18.6 Å². The Labute approximate surface area is 148 Å². The molecule has 1 aromatic carbocycles. The number of nitrogens with one attached hydrogen (secondary N) is 2. The maximum atomic E-state index is 12.1. The second kappa shape index (κ2) is 8.20. The van der Waals surface area contributed by atoms with Crippen LogP contribution in [0.4, 0.5) is 4.79 Å². The Morgan fingerprint density at radius 2 is 1.92 bits per heavy atom. The summed E-state index contributed by atoms with van der Waals surface area (Å²) in [5, 5.41) is 5.05. The molecule has 1 heterocycles. The molecule has 2 rings (SSSR count). The van der Waals surface area contributed by atoms with Crippen molar-refractivity contribution in [3.8, 4) is 11.5 Å². The first-order valence-corrected chi connectivity index (χ1v) is 8.49. The van der Waals surface area contributed by atoms with Crippen molar-refractivity contribution < 1.29 is 19.1 Å². The lowest BCUT2D eigenvalue weighted by Crippen LogP contribution is -2.51. The van der Waals surface area contributed by atoms with Gasteiger partial charge in [0.2, 0.25) is 5.91 Å². The van der Waals surface area contributed by atoms with Crippen LogP contribution in [0.5, 0.6) is 11.5 Å². The molecule has 1 aliphatic rings. The van der Waals surface area contributed by atoms with Crippen LogP contribution in [0.3, 0.4) is 0 Å². The number of amides is 3. The Balaban J connectivity index is 1.82. The Morgan fingerprint density at radius 1 is 1.24 bits per heavy atom. The minimum Gasteiger partial charge on any atom is -0.486 e. The van der Waals surface area contributed by atoms with Crippen LogP contribution in [0.2, 0.25) is 0 Å². The van der Waals surface area contributed by atoms with Gasteiger partial charge in [-0.2, -0.15) is 0 Å². The molecule has 1 aliphatic heterocycles. The average Bonchev–Trinajstić information content (AvgIpc) is 2.52. The number of rotatable bonds is 5. The lowest BCUT2D eigenvalue weighted by atomic mass is 10.1. The first kappa shape index (κ1) is 19.1. The molecular formula is C18H27N3O4. The zero-order chi connectivity index (χ0) is 18.4. The highest BCUT2D eigenvalue weighted by molar-refractivity contribution is 5.95. The van der Waals surface area contributed by atoms with Crippen LogP contribution in [0.25, 0.3) is 0 Å². The molecule has 2 N–H and O–H groups in total. The van der Waals surface area contributed by atoms with Crippen LogP contribution in [0, 0.1) is 0 Å². The SMILES string of the molecule is CCN(CC(=O)NC(=O)NC(C)(C)C)CC1COc2ccccc2O1. The van der Waals surface area contributed by atoms with E-state index in [2.05, 4.69) is 10.6 Å². The zero-order valence-corrected chi connectivity index (χ0v) is 15.3. The van der Waals surface area contributed by atoms with Gasteiger partial charge in [-0.25, -0.2) is 4.79 Å². The van der Waals surface area contributed by atoms with Gasteiger partial charge in [-0.15, -0.1) is 0 Å². The molecule has 3 amide bonds. The zero-order valence-electron chi connectivity index (χ0n) is 15.3. The van der Waals surface area contributed by atoms with E-state index in [4.69, 9.17) is 9.47 Å². The number of carbonyl (C=O) groups is 2. The largest absolute Gasteiger partial charge is 0.486 e. The number of fused-ring (bicyclic) bond motifs is 1. The Hall–Kier alpha value is -2.28. The summed E-state index contributed by atoms with van der Waals surface area (Å²) in [5.41, 5.74) is -0.393. The molecule has 25 heavy (non-hydrogen) atoms. The topological polar surface area (TPSA) is 79.9 Å². The van der Waals surface area contributed by atoms with Gasteiger partial charge in [-0.05, 0) is 39.4 Å². The number of urea groups is 1. The molecule has 0 aliphatic carbocycles. The molecule has 1 atom stereocenters. The van der Waals surface area contributed by atoms with Gasteiger partial charge in [0.25, 0.3) is 0 Å². The average molecular weight is 349 g/mol. The summed E-state index contributed by atoms with van der Waals surface area (Å²) >= 11 is 0. The molecule has 7 heteroatoms. The first-order valence-electron chi connectivity index (χ1n) is 8.49. The monoisotopic (exact) mass is 349 g/mol. The number of hydrogen-bond acceptors (Lipinski definition) is 5. The Bertz CT molecular complexity index is 613. The fourth-order valence-corrected chi connectivity index (χ4v) is 2.49. The Morgan fingerprint density at radius 3 is 2.56 bits per heavy atom. The van der Waals surface area contributed by atoms with E-state index >= 15 is 0 Å². The fourth-order valence-electron chi connectivity index (χ4n) is 2.49. The fraction of sp³-hybridized carbons (Fsp3) is 0.556. The number of imide groups is 1. The highest BCUT2D eigenvalue weighted by atomic mass is 16.6. The lowest BCUT2D eigenvalue weighted by Gasteiger charge is -2.30. The van der Waals surface area contributed by atoms with Crippen molar-refractivity contribution in [3.63, 3.8) is 0 Å². The molecule has 0 saturated carbocycles. The van der Waals surface area contributed by atoms with Gasteiger partial charge in [0, 0.05) is 12.1 Å². The lowest BCUT2D eigenvalue weighted by molar-refractivity contribution is -0.121. The van der Waals surface area contributed by atoms with E-state index in [1.165, 1.54) is 0 Å². The summed E-state index contributed by atoms with van der Waals surface area (Å²) < 4.78 is 11.6. The standard InChI is InChI=1S/C18H27N3O4/c1-5-21(11-16(22)19-17(23)20-18(2,3)4)10-13-12-24-14-8-6-7-9-15(14)25-13/h6-9,13H,5,10-12H2,1-4H3,(H2,19,20,22,23). The quantitative estimate of drug-likeness (QED) is 0.847. The van der Waals surface area contributed by atoms with Crippen molar-refractivity contribution in [1.82, 2.24) is 15.5 Å². The number of ether oxygens (including phenoxy) is 2. The molecule has 1 aromatic rings. The van der Waals surface area contributed by atoms with E-state index in [1.54, 1.807) is 0 Å². The minimum absolute atomic E-state index is 0.121. The maximum Gasteiger partial charge on any atom is 0.321 e. The third kappa shape index (κ3) is 6.26. The summed E-state index contributed by atoms with van der Waals surface area (Å²) in [6, 6.07) is 7.03. The maximum absolute atomic E-state index is 12.1. The van der Waals surface area contributed by atoms with E-state index in [1.807, 2.05) is 56.9 Å². The second-order valence-electron chi connectivity index (χ2n) is 7.08. The second-order valence-corrected chi connectivity index (χ2v) is 7.08. The van der Waals surface area contributed by atoms with E-state index in [9.17, 15) is 9.59 Å². The number of benzene rings is 1. The molecule has 0 saturated heterocycles. The van der Waals surface area contributed by atoms with Crippen LogP contribution in [0.1, 0.15) is 27.7 Å². The number of hydrogen-bond donors (Lipinski definition) is 2. The van der Waals surface area contributed by atoms with Crippen molar-refractivity contribution in [2.45, 2.75) is 39.3 Å². The predicted octanol–water partition coefficient (Wildman–Crippen LogP) is 1.77. The first-order chi connectivity index (χ1) is 11.8. The van der Waals surface area contributed by atoms with E-state index < -0.39 is 11.6 Å². The highest BCUT2D eigenvalue weighted by Gasteiger charge is 2.24. The summed E-state index contributed by atoms with van der Waals surface area (Å²) in [7, 11) is 0. The van der Waals surface area contributed by atoms with Gasteiger partial charge in [-0.1, -0.05) is 19.1 Å². The Kier molecular flexibility index (Phi) is 6.25. The van der Waals surface area contributed by atoms with Crippen LogP contribution in [-0.2, 0) is 4.79 Å². The van der Waals surface area contributed by atoms with Gasteiger partial charge >= 0.3 is 6.03 Å². The van der Waals surface area contributed by atoms with Crippen LogP contribution in [0.15, 0.2) is 24.3 Å². The van der Waals surface area contributed by atoms with Crippen molar-refractivity contribution in [2.75, 3.05) is 26.2 Å². The van der Waals surface area contributed by atoms with Gasteiger partial charge in [0.05, 0.1) is 6.54 Å². The third-order valence-electron chi connectivity index (χ3n) is 3.59. The van der Waals surface area contributed by atoms with Crippen molar-refractivity contribution in [1.29, 1.82) is 0 Å². The van der Waals surface area contributed by atoms with Gasteiger partial charge in [0.1, 0.15) is 12.7 Å². The third-order valence-corrected chi connectivity index (χ3v) is 3.59. The van der Waals surface area contributed by atoms with Crippen LogP contribution in [-0.4, -0.2) is 54.7 Å². The van der Waals surface area contributed by atoms with Crippen LogP contribution < -0.4 is 20.1 Å². The van der Waals surface area contributed by atoms with Gasteiger partial charge in [-0.3, -0.25) is 15.0 Å². The smallest absolute Gasteiger partial charge is 0.321 e. The molecule has 0 radical (unpaired) electrons. The van der Waals surface area contributed by atoms with Gasteiger partial charge < -0.3 is 14.8 Å². The summed E-state index contributed by atoms with van der Waals surface area (Å²) in [4.78, 5) is 25.7. The number of nitrogens with zero attached hydrogens (tertiary/aromatic N) is 1. The molecular weight excluding hydrogens is 322 g/mol. The molecule has 0 spiro atoms. The van der Waals surface area contributed by atoms with Crippen molar-refractivity contribution in [3.05, 3.63) is 24.3 Å².